The van der Waals surface area contributed by atoms with Crippen molar-refractivity contribution < 1.29 is 18.7 Å². The van der Waals surface area contributed by atoms with Crippen LogP contribution in [0.2, 0.25) is 0 Å². The first kappa shape index (κ1) is 16.8. The van der Waals surface area contributed by atoms with Gasteiger partial charge in [-0.1, -0.05) is 18.2 Å². The van der Waals surface area contributed by atoms with Gasteiger partial charge in [-0.15, -0.1) is 11.6 Å². The molecular weight excluding hydrogens is 323 g/mol. The third-order valence-corrected chi connectivity index (χ3v) is 3.57. The van der Waals surface area contributed by atoms with Crippen molar-refractivity contribution in [3.63, 3.8) is 0 Å². The van der Waals surface area contributed by atoms with E-state index in [1.165, 1.54) is 18.2 Å². The van der Waals surface area contributed by atoms with Crippen LogP contribution in [-0.4, -0.2) is 18.5 Å². The van der Waals surface area contributed by atoms with Gasteiger partial charge in [0.2, 0.25) is 5.88 Å². The predicted molar refractivity (Wildman–Crippen MR) is 81.4 cm³/mol. The Balaban J connectivity index is 2.69. The minimum atomic E-state index is -1.03. The van der Waals surface area contributed by atoms with Gasteiger partial charge in [0.15, 0.2) is 0 Å². The van der Waals surface area contributed by atoms with E-state index >= 15 is 0 Å². The molecule has 0 saturated carbocycles. The first-order chi connectivity index (χ1) is 11.0. The van der Waals surface area contributed by atoms with Crippen LogP contribution < -0.4 is 5.73 Å². The second-order valence-corrected chi connectivity index (χ2v) is 4.90. The van der Waals surface area contributed by atoms with E-state index in [9.17, 15) is 14.4 Å². The number of ether oxygens (including phenoxy) is 2. The van der Waals surface area contributed by atoms with Gasteiger partial charge in [-0.25, -0.2) is 9.18 Å². The lowest BCUT2D eigenvalue weighted by molar-refractivity contribution is -0.139. The molecule has 0 aliphatic carbocycles. The number of nitriles is 1. The molecular formula is C16H14ClFN2O3. The molecule has 0 amide bonds. The smallest absolute Gasteiger partial charge is 0.338 e. The lowest BCUT2D eigenvalue weighted by Crippen LogP contribution is -2.27. The van der Waals surface area contributed by atoms with Crippen LogP contribution in [0.3, 0.4) is 0 Å². The number of alkyl halides is 1. The molecule has 1 aliphatic rings. The summed E-state index contributed by atoms with van der Waals surface area (Å²) in [6.07, 6.45) is 0. The minimum Gasteiger partial charge on any atom is -0.463 e. The molecule has 1 atom stereocenters. The Morgan fingerprint density at radius 3 is 2.78 bits per heavy atom. The number of nitrogens with two attached hydrogens (primary N) is 1. The fourth-order valence-electron chi connectivity index (χ4n) is 2.37. The molecule has 1 aromatic carbocycles. The quantitative estimate of drug-likeness (QED) is 0.675. The number of allylic oxidation sites excluding steroid dienone is 2. The topological polar surface area (TPSA) is 85.3 Å². The number of nitrogens with zero attached hydrogens (tertiary/aromatic N) is 1. The van der Waals surface area contributed by atoms with Crippen LogP contribution >= 0.6 is 11.6 Å². The van der Waals surface area contributed by atoms with Crippen LogP contribution in [0, 0.1) is 17.1 Å². The molecule has 1 aromatic rings. The number of benzene rings is 1. The number of rotatable bonds is 4. The number of carbonyl (C=O) groups is 1. The third kappa shape index (κ3) is 3.15. The van der Waals surface area contributed by atoms with Gasteiger partial charge in [0, 0.05) is 5.56 Å². The number of carbonyl (C=O) groups excluding carboxylic acids is 1. The van der Waals surface area contributed by atoms with Crippen molar-refractivity contribution >= 4 is 17.6 Å². The Labute approximate surface area is 137 Å². The Morgan fingerprint density at radius 2 is 2.22 bits per heavy atom. The van der Waals surface area contributed by atoms with Crippen molar-refractivity contribution in [1.29, 1.82) is 5.26 Å². The van der Waals surface area contributed by atoms with E-state index in [-0.39, 0.29) is 40.8 Å². The molecule has 0 aromatic heterocycles. The van der Waals surface area contributed by atoms with Gasteiger partial charge in [0.25, 0.3) is 0 Å². The second kappa shape index (κ2) is 7.16. The van der Waals surface area contributed by atoms with Gasteiger partial charge in [0.05, 0.1) is 24.0 Å². The normalized spacial score (nSPS) is 17.6. The van der Waals surface area contributed by atoms with Crippen LogP contribution in [0.4, 0.5) is 4.39 Å². The van der Waals surface area contributed by atoms with Crippen molar-refractivity contribution in [3.8, 4) is 6.07 Å². The number of halogens is 2. The highest BCUT2D eigenvalue weighted by molar-refractivity contribution is 6.19. The number of esters is 1. The Kier molecular flexibility index (Phi) is 5.24. The summed E-state index contributed by atoms with van der Waals surface area (Å²) < 4.78 is 24.5. The molecule has 7 heteroatoms. The molecule has 0 fully saturated rings. The van der Waals surface area contributed by atoms with Crippen LogP contribution in [0.25, 0.3) is 0 Å². The van der Waals surface area contributed by atoms with Crippen molar-refractivity contribution in [3.05, 3.63) is 58.4 Å². The molecule has 120 valence electrons. The second-order valence-electron chi connectivity index (χ2n) is 4.64. The van der Waals surface area contributed by atoms with Crippen molar-refractivity contribution in [2.75, 3.05) is 12.5 Å². The first-order valence-corrected chi connectivity index (χ1v) is 7.36. The van der Waals surface area contributed by atoms with E-state index in [2.05, 4.69) is 0 Å². The lowest BCUT2D eigenvalue weighted by atomic mass is 9.83. The van der Waals surface area contributed by atoms with Crippen molar-refractivity contribution in [1.82, 2.24) is 0 Å². The average molecular weight is 337 g/mol. The van der Waals surface area contributed by atoms with Gasteiger partial charge in [-0.2, -0.15) is 5.26 Å². The van der Waals surface area contributed by atoms with E-state index in [0.29, 0.717) is 0 Å². The van der Waals surface area contributed by atoms with Gasteiger partial charge in [-0.05, 0) is 13.0 Å². The van der Waals surface area contributed by atoms with Gasteiger partial charge >= 0.3 is 5.97 Å². The standard InChI is InChI=1S/C16H14ClFN2O3/c1-2-22-16(21)14-12(7-17)23-15(20)10(8-19)13(14)9-5-3-4-6-11(9)18/h3-6,13H,2,7,20H2,1H3/t13-/m0/s1. The summed E-state index contributed by atoms with van der Waals surface area (Å²) in [5.74, 6) is -2.65. The summed E-state index contributed by atoms with van der Waals surface area (Å²) in [4.78, 5) is 12.3. The monoisotopic (exact) mass is 336 g/mol. The summed E-state index contributed by atoms with van der Waals surface area (Å²) in [6, 6.07) is 7.69. The largest absolute Gasteiger partial charge is 0.463 e. The van der Waals surface area contributed by atoms with Crippen molar-refractivity contribution in [2.24, 2.45) is 5.73 Å². The third-order valence-electron chi connectivity index (χ3n) is 3.33. The highest BCUT2D eigenvalue weighted by Crippen LogP contribution is 2.40. The fourth-order valence-corrected chi connectivity index (χ4v) is 2.57. The maximum absolute atomic E-state index is 14.2. The molecule has 2 N–H and O–H groups in total. The van der Waals surface area contributed by atoms with Crippen molar-refractivity contribution in [2.45, 2.75) is 12.8 Å². The number of hydrogen-bond donors (Lipinski definition) is 1. The lowest BCUT2D eigenvalue weighted by Gasteiger charge is -2.27. The van der Waals surface area contributed by atoms with E-state index in [1.54, 1.807) is 13.0 Å². The van der Waals surface area contributed by atoms with Gasteiger partial charge < -0.3 is 15.2 Å². The Morgan fingerprint density at radius 1 is 1.52 bits per heavy atom. The average Bonchev–Trinajstić information content (AvgIpc) is 2.54. The van der Waals surface area contributed by atoms with E-state index in [0.717, 1.165) is 0 Å². The summed E-state index contributed by atoms with van der Waals surface area (Å²) in [5, 5.41) is 9.37. The zero-order valence-electron chi connectivity index (χ0n) is 12.3. The SMILES string of the molecule is CCOC(=O)C1=C(CCl)OC(N)=C(C#N)[C@@H]1c1ccccc1F. The summed E-state index contributed by atoms with van der Waals surface area (Å²) in [5.41, 5.74) is 5.78. The summed E-state index contributed by atoms with van der Waals surface area (Å²) in [6.45, 7) is 1.75. The Hall–Kier alpha value is -2.52. The first-order valence-electron chi connectivity index (χ1n) is 6.83. The minimum absolute atomic E-state index is 0.0160. The summed E-state index contributed by atoms with van der Waals surface area (Å²) >= 11 is 5.82. The Bertz CT molecular complexity index is 737. The van der Waals surface area contributed by atoms with Gasteiger partial charge in [0.1, 0.15) is 23.2 Å². The molecule has 5 nitrogen and oxygen atoms in total. The predicted octanol–water partition coefficient (Wildman–Crippen LogP) is 2.69. The highest BCUT2D eigenvalue weighted by atomic mass is 35.5. The van der Waals surface area contributed by atoms with Crippen LogP contribution in [0.1, 0.15) is 18.4 Å². The zero-order chi connectivity index (χ0) is 17.0. The van der Waals surface area contributed by atoms with E-state index < -0.39 is 17.7 Å². The maximum Gasteiger partial charge on any atom is 0.338 e. The van der Waals surface area contributed by atoms with Crippen LogP contribution in [0.15, 0.2) is 47.1 Å². The molecule has 0 bridgehead atoms. The van der Waals surface area contributed by atoms with Crippen LogP contribution in [-0.2, 0) is 14.3 Å². The number of hydrogen-bond acceptors (Lipinski definition) is 5. The summed E-state index contributed by atoms with van der Waals surface area (Å²) in [7, 11) is 0. The maximum atomic E-state index is 14.2. The molecule has 0 unspecified atom stereocenters. The molecule has 23 heavy (non-hydrogen) atoms. The molecule has 1 heterocycles. The molecule has 2 rings (SSSR count). The van der Waals surface area contributed by atoms with Gasteiger partial charge in [-0.3, -0.25) is 0 Å². The zero-order valence-corrected chi connectivity index (χ0v) is 13.1. The molecule has 0 spiro atoms. The highest BCUT2D eigenvalue weighted by Gasteiger charge is 2.38. The van der Waals surface area contributed by atoms with E-state index in [4.69, 9.17) is 26.8 Å². The molecule has 0 radical (unpaired) electrons. The molecule has 1 aliphatic heterocycles. The van der Waals surface area contributed by atoms with Crippen LogP contribution in [0.5, 0.6) is 0 Å². The molecule has 0 saturated heterocycles. The fraction of sp³-hybridized carbons (Fsp3) is 0.250. The van der Waals surface area contributed by atoms with E-state index in [1.807, 2.05) is 6.07 Å².